The number of ether oxygens (including phenoxy) is 2. The third-order valence-corrected chi connectivity index (χ3v) is 3.25. The number of alkyl carbamates (subject to hydrolysis) is 1. The van der Waals surface area contributed by atoms with Crippen molar-refractivity contribution in [2.75, 3.05) is 7.11 Å². The molecule has 116 valence electrons. The van der Waals surface area contributed by atoms with Crippen molar-refractivity contribution in [3.05, 3.63) is 33.4 Å². The van der Waals surface area contributed by atoms with Crippen LogP contribution in [0.25, 0.3) is 0 Å². The standard InChI is InChI=1S/C15H20INO4/c1-15(2,3)21-14(19)17-12(13(18)20-4)9-10-5-7-11(16)8-6-10/h5-8,12H,9H2,1-4H3,(H,17,19). The van der Waals surface area contributed by atoms with Crippen LogP contribution in [-0.2, 0) is 20.7 Å². The normalized spacial score (nSPS) is 12.4. The molecule has 6 heteroatoms. The van der Waals surface area contributed by atoms with Crippen molar-refractivity contribution >= 4 is 34.7 Å². The minimum atomic E-state index is -0.773. The van der Waals surface area contributed by atoms with Gasteiger partial charge in [0.1, 0.15) is 11.6 Å². The summed E-state index contributed by atoms with van der Waals surface area (Å²) in [6.45, 7) is 5.29. The zero-order valence-electron chi connectivity index (χ0n) is 12.6. The first-order valence-electron chi connectivity index (χ1n) is 6.53. The Morgan fingerprint density at radius 3 is 2.29 bits per heavy atom. The summed E-state index contributed by atoms with van der Waals surface area (Å²) in [4.78, 5) is 23.6. The first-order chi connectivity index (χ1) is 9.71. The molecule has 0 aromatic heterocycles. The molecule has 0 bridgehead atoms. The van der Waals surface area contributed by atoms with Crippen LogP contribution in [0.15, 0.2) is 24.3 Å². The second-order valence-corrected chi connectivity index (χ2v) is 6.80. The fourth-order valence-electron chi connectivity index (χ4n) is 1.64. The van der Waals surface area contributed by atoms with E-state index in [1.165, 1.54) is 7.11 Å². The van der Waals surface area contributed by atoms with E-state index in [4.69, 9.17) is 9.47 Å². The summed E-state index contributed by atoms with van der Waals surface area (Å²) in [6.07, 6.45) is -0.286. The number of carbonyl (C=O) groups excluding carboxylic acids is 2. The molecule has 0 radical (unpaired) electrons. The first-order valence-corrected chi connectivity index (χ1v) is 7.61. The SMILES string of the molecule is COC(=O)C(Cc1ccc(I)cc1)NC(=O)OC(C)(C)C. The first kappa shape index (κ1) is 17.7. The minimum Gasteiger partial charge on any atom is -0.467 e. The van der Waals surface area contributed by atoms with Crippen LogP contribution < -0.4 is 5.32 Å². The molecule has 1 aromatic carbocycles. The van der Waals surface area contributed by atoms with Crippen molar-refractivity contribution < 1.29 is 19.1 Å². The van der Waals surface area contributed by atoms with Gasteiger partial charge in [-0.3, -0.25) is 0 Å². The molecule has 1 atom stereocenters. The Hall–Kier alpha value is -1.31. The van der Waals surface area contributed by atoms with Crippen LogP contribution in [0.4, 0.5) is 4.79 Å². The largest absolute Gasteiger partial charge is 0.467 e. The van der Waals surface area contributed by atoms with Crippen molar-refractivity contribution in [1.82, 2.24) is 5.32 Å². The molecule has 0 saturated heterocycles. The highest BCUT2D eigenvalue weighted by Crippen LogP contribution is 2.11. The molecule has 0 saturated carbocycles. The fourth-order valence-corrected chi connectivity index (χ4v) is 2.00. The Kier molecular flexibility index (Phi) is 6.44. The van der Waals surface area contributed by atoms with Gasteiger partial charge >= 0.3 is 12.1 Å². The maximum absolute atomic E-state index is 11.8. The average Bonchev–Trinajstić information content (AvgIpc) is 2.37. The predicted octanol–water partition coefficient (Wildman–Crippen LogP) is 2.90. The lowest BCUT2D eigenvalue weighted by Gasteiger charge is -2.22. The quantitative estimate of drug-likeness (QED) is 0.618. The molecule has 1 N–H and O–H groups in total. The van der Waals surface area contributed by atoms with E-state index in [1.807, 2.05) is 24.3 Å². The Morgan fingerprint density at radius 1 is 1.24 bits per heavy atom. The number of benzene rings is 1. The Bertz CT molecular complexity index is 493. The molecule has 0 heterocycles. The predicted molar refractivity (Wildman–Crippen MR) is 88.0 cm³/mol. The number of esters is 1. The highest BCUT2D eigenvalue weighted by molar-refractivity contribution is 14.1. The van der Waals surface area contributed by atoms with Crippen LogP contribution in [0.3, 0.4) is 0 Å². The van der Waals surface area contributed by atoms with Gasteiger partial charge in [-0.1, -0.05) is 12.1 Å². The van der Waals surface area contributed by atoms with Gasteiger partial charge in [0.2, 0.25) is 0 Å². The van der Waals surface area contributed by atoms with E-state index in [-0.39, 0.29) is 0 Å². The van der Waals surface area contributed by atoms with Crippen LogP contribution in [0.1, 0.15) is 26.3 Å². The van der Waals surface area contributed by atoms with Gasteiger partial charge in [-0.25, -0.2) is 9.59 Å². The lowest BCUT2D eigenvalue weighted by Crippen LogP contribution is -2.45. The highest BCUT2D eigenvalue weighted by atomic mass is 127. The second-order valence-electron chi connectivity index (χ2n) is 5.55. The lowest BCUT2D eigenvalue weighted by atomic mass is 10.1. The molecule has 0 spiro atoms. The van der Waals surface area contributed by atoms with Gasteiger partial charge in [-0.2, -0.15) is 0 Å². The second kappa shape index (κ2) is 7.63. The number of hydrogen-bond donors (Lipinski definition) is 1. The molecular formula is C15H20INO4. The Balaban J connectivity index is 2.74. The lowest BCUT2D eigenvalue weighted by molar-refractivity contribution is -0.143. The van der Waals surface area contributed by atoms with Crippen LogP contribution in [0.5, 0.6) is 0 Å². The number of rotatable bonds is 4. The third-order valence-electron chi connectivity index (χ3n) is 2.53. The fraction of sp³-hybridized carbons (Fsp3) is 0.467. The zero-order valence-corrected chi connectivity index (χ0v) is 14.8. The van der Waals surface area contributed by atoms with Crippen molar-refractivity contribution in [2.24, 2.45) is 0 Å². The summed E-state index contributed by atoms with van der Waals surface area (Å²) in [5.74, 6) is -0.501. The summed E-state index contributed by atoms with van der Waals surface area (Å²) >= 11 is 2.20. The van der Waals surface area contributed by atoms with Crippen LogP contribution in [0, 0.1) is 3.57 Å². The van der Waals surface area contributed by atoms with Gasteiger partial charge in [0.05, 0.1) is 7.11 Å². The van der Waals surface area contributed by atoms with E-state index >= 15 is 0 Å². The maximum atomic E-state index is 11.8. The van der Waals surface area contributed by atoms with Crippen molar-refractivity contribution in [1.29, 1.82) is 0 Å². The number of amides is 1. The van der Waals surface area contributed by atoms with Crippen molar-refractivity contribution in [3.63, 3.8) is 0 Å². The van der Waals surface area contributed by atoms with Crippen LogP contribution in [0.2, 0.25) is 0 Å². The summed E-state index contributed by atoms with van der Waals surface area (Å²) < 4.78 is 11.0. The smallest absolute Gasteiger partial charge is 0.408 e. The van der Waals surface area contributed by atoms with Gasteiger partial charge in [0, 0.05) is 9.99 Å². The maximum Gasteiger partial charge on any atom is 0.408 e. The summed E-state index contributed by atoms with van der Waals surface area (Å²) in [6, 6.07) is 6.93. The topological polar surface area (TPSA) is 64.6 Å². The van der Waals surface area contributed by atoms with Crippen LogP contribution in [-0.4, -0.2) is 30.8 Å². The number of carbonyl (C=O) groups is 2. The third kappa shape index (κ3) is 6.79. The van der Waals surface area contributed by atoms with Crippen molar-refractivity contribution in [2.45, 2.75) is 38.8 Å². The number of hydrogen-bond acceptors (Lipinski definition) is 4. The molecule has 0 aliphatic heterocycles. The molecule has 1 aromatic rings. The number of methoxy groups -OCH3 is 1. The van der Waals surface area contributed by atoms with E-state index < -0.39 is 23.7 Å². The number of nitrogens with one attached hydrogen (secondary N) is 1. The minimum absolute atomic E-state index is 0.350. The molecule has 1 amide bonds. The van der Waals surface area contributed by atoms with E-state index in [0.717, 1.165) is 9.13 Å². The molecule has 5 nitrogen and oxygen atoms in total. The van der Waals surface area contributed by atoms with Crippen molar-refractivity contribution in [3.8, 4) is 0 Å². The summed E-state index contributed by atoms with van der Waals surface area (Å²) in [7, 11) is 1.29. The average molecular weight is 405 g/mol. The van der Waals surface area contributed by atoms with Gasteiger partial charge < -0.3 is 14.8 Å². The Labute approximate surface area is 138 Å². The molecule has 0 aliphatic carbocycles. The molecule has 1 rings (SSSR count). The molecular weight excluding hydrogens is 385 g/mol. The molecule has 0 fully saturated rings. The van der Waals surface area contributed by atoms with E-state index in [9.17, 15) is 9.59 Å². The van der Waals surface area contributed by atoms with Gasteiger partial charge in [-0.15, -0.1) is 0 Å². The zero-order chi connectivity index (χ0) is 16.0. The molecule has 1 unspecified atom stereocenters. The molecule has 21 heavy (non-hydrogen) atoms. The summed E-state index contributed by atoms with van der Waals surface area (Å²) in [5.41, 5.74) is 0.315. The van der Waals surface area contributed by atoms with E-state index in [0.29, 0.717) is 6.42 Å². The Morgan fingerprint density at radius 2 is 1.81 bits per heavy atom. The summed E-state index contributed by atoms with van der Waals surface area (Å²) in [5, 5.41) is 2.55. The monoisotopic (exact) mass is 405 g/mol. The van der Waals surface area contributed by atoms with Gasteiger partial charge in [0.25, 0.3) is 0 Å². The van der Waals surface area contributed by atoms with E-state index in [2.05, 4.69) is 27.9 Å². The van der Waals surface area contributed by atoms with Gasteiger partial charge in [-0.05, 0) is 61.1 Å². The number of halogens is 1. The molecule has 0 aliphatic rings. The van der Waals surface area contributed by atoms with Gasteiger partial charge in [0.15, 0.2) is 0 Å². The van der Waals surface area contributed by atoms with E-state index in [1.54, 1.807) is 20.8 Å². The highest BCUT2D eigenvalue weighted by Gasteiger charge is 2.25. The van der Waals surface area contributed by atoms with Crippen LogP contribution >= 0.6 is 22.6 Å².